The number of hydrogen-bond donors (Lipinski definition) is 2. The molecule has 6 heteroatoms. The number of aliphatic hydroxyl groups is 1. The van der Waals surface area contributed by atoms with Crippen molar-refractivity contribution in [3.63, 3.8) is 0 Å². The number of rotatable bonds is 4. The topological polar surface area (TPSA) is 88.3 Å². The fourth-order valence-electron chi connectivity index (χ4n) is 2.55. The van der Waals surface area contributed by atoms with E-state index in [1.165, 1.54) is 12.3 Å². The molecule has 1 saturated carbocycles. The smallest absolute Gasteiger partial charge is 0.311 e. The molecule has 2 atom stereocenters. The van der Waals surface area contributed by atoms with Gasteiger partial charge in [-0.3, -0.25) is 10.1 Å². The van der Waals surface area contributed by atoms with Crippen LogP contribution in [0.5, 0.6) is 0 Å². The van der Waals surface area contributed by atoms with Crippen molar-refractivity contribution in [3.8, 4) is 0 Å². The Balaban J connectivity index is 2.08. The van der Waals surface area contributed by atoms with Gasteiger partial charge in [0.15, 0.2) is 0 Å². The third-order valence-electron chi connectivity index (χ3n) is 3.92. The predicted molar refractivity (Wildman–Crippen MR) is 72.0 cm³/mol. The van der Waals surface area contributed by atoms with E-state index in [1.807, 2.05) is 6.92 Å². The Bertz CT molecular complexity index is 466. The first-order valence-electron chi connectivity index (χ1n) is 6.54. The molecule has 1 aromatic heterocycles. The number of nitrogens with one attached hydrogen (secondary N) is 1. The van der Waals surface area contributed by atoms with E-state index in [4.69, 9.17) is 0 Å². The SMILES string of the molecule is CC1(CNc2ncccc2[N+](=O)[O-])CCCCC1O. The van der Waals surface area contributed by atoms with E-state index in [0.717, 1.165) is 25.7 Å². The zero-order valence-electron chi connectivity index (χ0n) is 11.0. The van der Waals surface area contributed by atoms with Crippen molar-refractivity contribution >= 4 is 11.5 Å². The number of anilines is 1. The van der Waals surface area contributed by atoms with Crippen LogP contribution in [0.4, 0.5) is 11.5 Å². The standard InChI is InChI=1S/C13H19N3O3/c1-13(7-3-2-6-11(13)17)9-15-12-10(16(18)19)5-4-8-14-12/h4-5,8,11,17H,2-3,6-7,9H2,1H3,(H,14,15). The summed E-state index contributed by atoms with van der Waals surface area (Å²) < 4.78 is 0. The van der Waals surface area contributed by atoms with Gasteiger partial charge >= 0.3 is 5.69 Å². The van der Waals surface area contributed by atoms with E-state index in [1.54, 1.807) is 6.07 Å². The molecule has 1 aliphatic carbocycles. The van der Waals surface area contributed by atoms with E-state index in [-0.39, 0.29) is 23.0 Å². The van der Waals surface area contributed by atoms with Crippen molar-refractivity contribution in [2.45, 2.75) is 38.7 Å². The van der Waals surface area contributed by atoms with Gasteiger partial charge < -0.3 is 10.4 Å². The minimum atomic E-state index is -0.449. The molecule has 19 heavy (non-hydrogen) atoms. The van der Waals surface area contributed by atoms with Gasteiger partial charge in [-0.1, -0.05) is 19.8 Å². The fourth-order valence-corrected chi connectivity index (χ4v) is 2.55. The summed E-state index contributed by atoms with van der Waals surface area (Å²) in [5, 5.41) is 24.0. The van der Waals surface area contributed by atoms with Crippen LogP contribution < -0.4 is 5.32 Å². The summed E-state index contributed by atoms with van der Waals surface area (Å²) >= 11 is 0. The molecule has 0 aromatic carbocycles. The van der Waals surface area contributed by atoms with E-state index in [9.17, 15) is 15.2 Å². The monoisotopic (exact) mass is 265 g/mol. The Labute approximate surface area is 112 Å². The number of aromatic nitrogens is 1. The first-order valence-corrected chi connectivity index (χ1v) is 6.54. The number of hydrogen-bond acceptors (Lipinski definition) is 5. The van der Waals surface area contributed by atoms with Crippen molar-refractivity contribution in [2.24, 2.45) is 5.41 Å². The molecule has 2 N–H and O–H groups in total. The highest BCUT2D eigenvalue weighted by Gasteiger charge is 2.35. The second-order valence-electron chi connectivity index (χ2n) is 5.40. The average Bonchev–Trinajstić information content (AvgIpc) is 2.40. The molecular formula is C13H19N3O3. The normalized spacial score (nSPS) is 26.9. The lowest BCUT2D eigenvalue weighted by Crippen LogP contribution is -2.41. The molecule has 0 saturated heterocycles. The van der Waals surface area contributed by atoms with Crippen molar-refractivity contribution in [1.29, 1.82) is 0 Å². The number of nitrogens with zero attached hydrogens (tertiary/aromatic N) is 2. The molecule has 1 aromatic rings. The maximum Gasteiger partial charge on any atom is 0.311 e. The molecule has 0 spiro atoms. The van der Waals surface area contributed by atoms with Crippen LogP contribution in [0.3, 0.4) is 0 Å². The van der Waals surface area contributed by atoms with Crippen LogP contribution in [0.2, 0.25) is 0 Å². The van der Waals surface area contributed by atoms with Crippen LogP contribution >= 0.6 is 0 Å². The molecule has 0 radical (unpaired) electrons. The molecule has 2 unspecified atom stereocenters. The molecule has 104 valence electrons. The molecule has 0 bridgehead atoms. The van der Waals surface area contributed by atoms with Gasteiger partial charge in [-0.2, -0.15) is 0 Å². The molecule has 6 nitrogen and oxygen atoms in total. The zero-order valence-corrected chi connectivity index (χ0v) is 11.0. The first kappa shape index (κ1) is 13.7. The van der Waals surface area contributed by atoms with Crippen molar-refractivity contribution in [2.75, 3.05) is 11.9 Å². The second kappa shape index (κ2) is 5.52. The summed E-state index contributed by atoms with van der Waals surface area (Å²) in [7, 11) is 0. The summed E-state index contributed by atoms with van der Waals surface area (Å²) in [6, 6.07) is 2.97. The van der Waals surface area contributed by atoms with Crippen LogP contribution in [-0.2, 0) is 0 Å². The van der Waals surface area contributed by atoms with Gasteiger partial charge in [-0.15, -0.1) is 0 Å². The Kier molecular flexibility index (Phi) is 3.99. The minimum absolute atomic E-state index is 0.0311. The predicted octanol–water partition coefficient (Wildman–Crippen LogP) is 2.34. The third-order valence-corrected chi connectivity index (χ3v) is 3.92. The Morgan fingerprint density at radius 1 is 1.63 bits per heavy atom. The largest absolute Gasteiger partial charge is 0.392 e. The molecule has 2 rings (SSSR count). The molecule has 1 heterocycles. The summed E-state index contributed by atoms with van der Waals surface area (Å²) in [6.07, 6.45) is 5.00. The molecule has 0 aliphatic heterocycles. The van der Waals surface area contributed by atoms with Gasteiger partial charge in [0, 0.05) is 24.2 Å². The Hall–Kier alpha value is -1.69. The van der Waals surface area contributed by atoms with E-state index < -0.39 is 4.92 Å². The van der Waals surface area contributed by atoms with Crippen LogP contribution in [0.1, 0.15) is 32.6 Å². The molecule has 1 fully saturated rings. The van der Waals surface area contributed by atoms with Gasteiger partial charge in [0.2, 0.25) is 5.82 Å². The van der Waals surface area contributed by atoms with Crippen LogP contribution in [0.15, 0.2) is 18.3 Å². The summed E-state index contributed by atoms with van der Waals surface area (Å²) in [5.41, 5.74) is -0.278. The fraction of sp³-hybridized carbons (Fsp3) is 0.615. The van der Waals surface area contributed by atoms with E-state index in [2.05, 4.69) is 10.3 Å². The highest BCUT2D eigenvalue weighted by Crippen LogP contribution is 2.36. The summed E-state index contributed by atoms with van der Waals surface area (Å²) in [6.45, 7) is 2.50. The quantitative estimate of drug-likeness (QED) is 0.644. The van der Waals surface area contributed by atoms with Gasteiger partial charge in [-0.25, -0.2) is 4.98 Å². The van der Waals surface area contributed by atoms with Crippen LogP contribution in [0.25, 0.3) is 0 Å². The van der Waals surface area contributed by atoms with Gasteiger partial charge in [0.1, 0.15) is 0 Å². The molecule has 1 aliphatic rings. The maximum absolute atomic E-state index is 10.9. The lowest BCUT2D eigenvalue weighted by molar-refractivity contribution is -0.384. The maximum atomic E-state index is 10.9. The Morgan fingerprint density at radius 3 is 3.11 bits per heavy atom. The minimum Gasteiger partial charge on any atom is -0.392 e. The van der Waals surface area contributed by atoms with Gasteiger partial charge in [-0.05, 0) is 18.9 Å². The molecule has 0 amide bonds. The lowest BCUT2D eigenvalue weighted by Gasteiger charge is -2.38. The number of nitro groups is 1. The van der Waals surface area contributed by atoms with E-state index in [0.29, 0.717) is 6.54 Å². The van der Waals surface area contributed by atoms with Crippen molar-refractivity contribution in [3.05, 3.63) is 28.4 Å². The zero-order chi connectivity index (χ0) is 13.9. The first-order chi connectivity index (χ1) is 9.03. The average molecular weight is 265 g/mol. The van der Waals surface area contributed by atoms with Crippen molar-refractivity contribution in [1.82, 2.24) is 4.98 Å². The van der Waals surface area contributed by atoms with Crippen LogP contribution in [-0.4, -0.2) is 27.7 Å². The summed E-state index contributed by atoms with van der Waals surface area (Å²) in [5.74, 6) is 0.270. The third kappa shape index (κ3) is 3.01. The highest BCUT2D eigenvalue weighted by molar-refractivity contribution is 5.55. The molecular weight excluding hydrogens is 246 g/mol. The Morgan fingerprint density at radius 2 is 2.42 bits per heavy atom. The van der Waals surface area contributed by atoms with E-state index >= 15 is 0 Å². The van der Waals surface area contributed by atoms with Gasteiger partial charge in [0.25, 0.3) is 0 Å². The number of aliphatic hydroxyl groups excluding tert-OH is 1. The number of pyridine rings is 1. The second-order valence-corrected chi connectivity index (χ2v) is 5.40. The highest BCUT2D eigenvalue weighted by atomic mass is 16.6. The van der Waals surface area contributed by atoms with Crippen molar-refractivity contribution < 1.29 is 10.0 Å². The lowest BCUT2D eigenvalue weighted by atomic mass is 9.73. The van der Waals surface area contributed by atoms with Crippen LogP contribution in [0, 0.1) is 15.5 Å². The van der Waals surface area contributed by atoms with Gasteiger partial charge in [0.05, 0.1) is 11.0 Å². The summed E-state index contributed by atoms with van der Waals surface area (Å²) in [4.78, 5) is 14.4.